The maximum Gasteiger partial charge on any atom is 0.227 e. The lowest BCUT2D eigenvalue weighted by Gasteiger charge is -2.09. The maximum absolute atomic E-state index is 5.97. The van der Waals surface area contributed by atoms with E-state index in [1.807, 2.05) is 90.6 Å². The first kappa shape index (κ1) is 21.5. The van der Waals surface area contributed by atoms with Crippen LogP contribution in [-0.4, -0.2) is 29.1 Å². The summed E-state index contributed by atoms with van der Waals surface area (Å²) >= 11 is 0. The second-order valence-corrected chi connectivity index (χ2v) is 8.33. The van der Waals surface area contributed by atoms with Gasteiger partial charge in [0.25, 0.3) is 0 Å². The van der Waals surface area contributed by atoms with Gasteiger partial charge in [-0.05, 0) is 48.0 Å². The van der Waals surface area contributed by atoms with E-state index < -0.39 is 0 Å². The van der Waals surface area contributed by atoms with Gasteiger partial charge < -0.3 is 10.1 Å². The fourth-order valence-electron chi connectivity index (χ4n) is 4.06. The van der Waals surface area contributed by atoms with Crippen molar-refractivity contribution in [3.05, 3.63) is 109 Å². The average molecular weight is 474 g/mol. The number of nitrogens with zero attached hydrogens (tertiary/aromatic N) is 6. The van der Waals surface area contributed by atoms with Gasteiger partial charge in [0.05, 0.1) is 29.0 Å². The molecule has 4 heterocycles. The largest absolute Gasteiger partial charge is 0.489 e. The molecular formula is C28H23N7O. The summed E-state index contributed by atoms with van der Waals surface area (Å²) in [6.45, 7) is 0.521. The van der Waals surface area contributed by atoms with Crippen LogP contribution in [0.15, 0.2) is 104 Å². The molecule has 1 N–H and O–H groups in total. The molecule has 176 valence electrons. The van der Waals surface area contributed by atoms with E-state index in [4.69, 9.17) is 14.7 Å². The van der Waals surface area contributed by atoms with Gasteiger partial charge in [-0.3, -0.25) is 9.08 Å². The molecule has 0 radical (unpaired) electrons. The summed E-state index contributed by atoms with van der Waals surface area (Å²) in [6.07, 6.45) is 7.34. The number of hydrogen-bond donors (Lipinski definition) is 1. The fourth-order valence-corrected chi connectivity index (χ4v) is 4.06. The zero-order valence-electron chi connectivity index (χ0n) is 19.6. The lowest BCUT2D eigenvalue weighted by atomic mass is 10.1. The van der Waals surface area contributed by atoms with Crippen molar-refractivity contribution in [3.63, 3.8) is 0 Å². The van der Waals surface area contributed by atoms with E-state index in [-0.39, 0.29) is 0 Å². The van der Waals surface area contributed by atoms with Crippen LogP contribution in [0.3, 0.4) is 0 Å². The SMILES string of the molecule is Cn1cc(Nc2nccc(-c3c(-c4ccc(OCc5ccccc5)cc4)nc4ccccn34)n2)cn1. The third-order valence-corrected chi connectivity index (χ3v) is 5.77. The van der Waals surface area contributed by atoms with E-state index in [0.29, 0.717) is 12.6 Å². The zero-order valence-corrected chi connectivity index (χ0v) is 19.6. The molecule has 0 unspecified atom stereocenters. The Kier molecular flexibility index (Phi) is 5.59. The van der Waals surface area contributed by atoms with Crippen molar-refractivity contribution in [1.29, 1.82) is 0 Å². The highest BCUT2D eigenvalue weighted by atomic mass is 16.5. The molecule has 4 aromatic heterocycles. The second-order valence-electron chi connectivity index (χ2n) is 8.33. The fraction of sp³-hybridized carbons (Fsp3) is 0.0714. The molecule has 0 fully saturated rings. The number of anilines is 2. The van der Waals surface area contributed by atoms with Crippen LogP contribution in [0, 0.1) is 0 Å². The number of pyridine rings is 1. The number of imidazole rings is 1. The number of fused-ring (bicyclic) bond motifs is 1. The van der Waals surface area contributed by atoms with Gasteiger partial charge in [0.2, 0.25) is 5.95 Å². The van der Waals surface area contributed by atoms with Gasteiger partial charge >= 0.3 is 0 Å². The molecule has 2 aromatic carbocycles. The van der Waals surface area contributed by atoms with Crippen LogP contribution < -0.4 is 10.1 Å². The Morgan fingerprint density at radius 3 is 2.53 bits per heavy atom. The molecule has 6 aromatic rings. The van der Waals surface area contributed by atoms with Gasteiger partial charge in [0.1, 0.15) is 18.0 Å². The minimum atomic E-state index is 0.488. The first-order chi connectivity index (χ1) is 17.7. The molecule has 0 aliphatic carbocycles. The van der Waals surface area contributed by atoms with Crippen molar-refractivity contribution in [2.75, 3.05) is 5.32 Å². The van der Waals surface area contributed by atoms with Gasteiger partial charge in [-0.1, -0.05) is 36.4 Å². The first-order valence-corrected chi connectivity index (χ1v) is 11.6. The Labute approximate surface area is 207 Å². The van der Waals surface area contributed by atoms with Gasteiger partial charge in [0.15, 0.2) is 0 Å². The smallest absolute Gasteiger partial charge is 0.227 e. The average Bonchev–Trinajstić information content (AvgIpc) is 3.51. The van der Waals surface area contributed by atoms with Crippen molar-refractivity contribution < 1.29 is 4.74 Å². The third-order valence-electron chi connectivity index (χ3n) is 5.77. The van der Waals surface area contributed by atoms with Crippen LogP contribution in [0.4, 0.5) is 11.6 Å². The predicted molar refractivity (Wildman–Crippen MR) is 139 cm³/mol. The van der Waals surface area contributed by atoms with Crippen LogP contribution in [0.1, 0.15) is 5.56 Å². The number of benzene rings is 2. The van der Waals surface area contributed by atoms with E-state index in [1.54, 1.807) is 17.1 Å². The van der Waals surface area contributed by atoms with Crippen LogP contribution >= 0.6 is 0 Å². The zero-order chi connectivity index (χ0) is 24.3. The van der Waals surface area contributed by atoms with E-state index in [1.165, 1.54) is 0 Å². The standard InChI is InChI=1S/C28H23N7O/c1-34-18-22(17-30-34)31-28-29-15-14-24(32-28)27-26(33-25-9-5-6-16-35(25)27)21-10-12-23(13-11-21)36-19-20-7-3-2-4-8-20/h2-18H,19H2,1H3,(H,29,31,32). The molecule has 0 spiro atoms. The van der Waals surface area contributed by atoms with Crippen LogP contribution in [0.25, 0.3) is 28.3 Å². The van der Waals surface area contributed by atoms with Crippen molar-refractivity contribution in [3.8, 4) is 28.4 Å². The molecule has 0 amide bonds. The molecule has 8 heteroatoms. The van der Waals surface area contributed by atoms with Crippen molar-refractivity contribution >= 4 is 17.3 Å². The molecule has 0 aliphatic rings. The Bertz CT molecular complexity index is 1620. The Balaban J connectivity index is 1.34. The predicted octanol–water partition coefficient (Wildman–Crippen LogP) is 5.51. The van der Waals surface area contributed by atoms with E-state index in [0.717, 1.165) is 45.3 Å². The van der Waals surface area contributed by atoms with Gasteiger partial charge in [-0.15, -0.1) is 0 Å². The summed E-state index contributed by atoms with van der Waals surface area (Å²) < 4.78 is 9.74. The summed E-state index contributed by atoms with van der Waals surface area (Å²) in [4.78, 5) is 14.1. The third kappa shape index (κ3) is 4.39. The van der Waals surface area contributed by atoms with Crippen molar-refractivity contribution in [2.24, 2.45) is 7.05 Å². The normalized spacial score (nSPS) is 11.0. The van der Waals surface area contributed by atoms with Crippen molar-refractivity contribution in [2.45, 2.75) is 6.61 Å². The summed E-state index contributed by atoms with van der Waals surface area (Å²) in [5, 5.41) is 7.41. The summed E-state index contributed by atoms with van der Waals surface area (Å²) in [6, 6.07) is 26.0. The second kappa shape index (κ2) is 9.34. The molecule has 8 nitrogen and oxygen atoms in total. The monoisotopic (exact) mass is 473 g/mol. The minimum Gasteiger partial charge on any atom is -0.489 e. The van der Waals surface area contributed by atoms with E-state index >= 15 is 0 Å². The van der Waals surface area contributed by atoms with E-state index in [9.17, 15) is 0 Å². The molecular weight excluding hydrogens is 450 g/mol. The van der Waals surface area contributed by atoms with Crippen molar-refractivity contribution in [1.82, 2.24) is 29.1 Å². The summed E-state index contributed by atoms with van der Waals surface area (Å²) in [5.74, 6) is 1.29. The van der Waals surface area contributed by atoms with Gasteiger partial charge in [-0.25, -0.2) is 15.0 Å². The Morgan fingerprint density at radius 1 is 0.889 bits per heavy atom. The quantitative estimate of drug-likeness (QED) is 0.329. The highest BCUT2D eigenvalue weighted by Gasteiger charge is 2.18. The molecule has 0 bridgehead atoms. The molecule has 6 rings (SSSR count). The lowest BCUT2D eigenvalue weighted by Crippen LogP contribution is -1.99. The van der Waals surface area contributed by atoms with Gasteiger partial charge in [-0.2, -0.15) is 5.10 Å². The highest BCUT2D eigenvalue weighted by molar-refractivity contribution is 5.81. The number of ether oxygens (including phenoxy) is 1. The number of aryl methyl sites for hydroxylation is 1. The minimum absolute atomic E-state index is 0.488. The summed E-state index contributed by atoms with van der Waals surface area (Å²) in [7, 11) is 1.87. The first-order valence-electron chi connectivity index (χ1n) is 11.6. The lowest BCUT2D eigenvalue weighted by molar-refractivity contribution is 0.306. The van der Waals surface area contributed by atoms with E-state index in [2.05, 4.69) is 27.5 Å². The van der Waals surface area contributed by atoms with Gasteiger partial charge in [0, 0.05) is 31.2 Å². The summed E-state index contributed by atoms with van der Waals surface area (Å²) in [5.41, 5.74) is 6.24. The topological polar surface area (TPSA) is 82.2 Å². The number of aromatic nitrogens is 6. The molecule has 0 aliphatic heterocycles. The molecule has 0 saturated heterocycles. The molecule has 0 atom stereocenters. The number of hydrogen-bond acceptors (Lipinski definition) is 6. The maximum atomic E-state index is 5.97. The van der Waals surface area contributed by atoms with Crippen LogP contribution in [0.5, 0.6) is 5.75 Å². The number of rotatable bonds is 7. The van der Waals surface area contributed by atoms with Crippen LogP contribution in [0.2, 0.25) is 0 Å². The van der Waals surface area contributed by atoms with Crippen LogP contribution in [-0.2, 0) is 13.7 Å². The Hall–Kier alpha value is -4.98. The Morgan fingerprint density at radius 2 is 1.72 bits per heavy atom. The molecule has 0 saturated carbocycles. The number of nitrogens with one attached hydrogen (secondary N) is 1. The highest BCUT2D eigenvalue weighted by Crippen LogP contribution is 2.33. The molecule has 36 heavy (non-hydrogen) atoms.